The summed E-state index contributed by atoms with van der Waals surface area (Å²) in [5.41, 5.74) is 9.19. The van der Waals surface area contributed by atoms with Crippen molar-refractivity contribution < 1.29 is 0 Å². The van der Waals surface area contributed by atoms with Crippen LogP contribution in [0.15, 0.2) is 36.7 Å². The van der Waals surface area contributed by atoms with Gasteiger partial charge in [0.15, 0.2) is 5.82 Å². The zero-order chi connectivity index (χ0) is 14.7. The molecule has 0 spiro atoms. The lowest BCUT2D eigenvalue weighted by atomic mass is 10.2. The van der Waals surface area contributed by atoms with E-state index in [1.165, 1.54) is 11.3 Å². The largest absolute Gasteiger partial charge is 0.396 e. The summed E-state index contributed by atoms with van der Waals surface area (Å²) in [5, 5.41) is 0. The molecule has 1 fully saturated rings. The summed E-state index contributed by atoms with van der Waals surface area (Å²) in [7, 11) is 0. The highest BCUT2D eigenvalue weighted by Crippen LogP contribution is 2.21. The standard InChI is InChI=1S/C16H21N5/c1-13-4-2-6-18-15(13)12-20-8-10-21(11-9-20)16-14(17)5-3-7-19-16/h2-7H,8-12,17H2,1H3. The first kappa shape index (κ1) is 13.8. The Morgan fingerprint density at radius 2 is 1.76 bits per heavy atom. The van der Waals surface area contributed by atoms with Crippen LogP contribution in [0.2, 0.25) is 0 Å². The van der Waals surface area contributed by atoms with E-state index in [2.05, 4.69) is 32.8 Å². The minimum absolute atomic E-state index is 0.756. The summed E-state index contributed by atoms with van der Waals surface area (Å²) in [4.78, 5) is 13.6. The lowest BCUT2D eigenvalue weighted by Crippen LogP contribution is -2.46. The van der Waals surface area contributed by atoms with E-state index < -0.39 is 0 Å². The second-order valence-electron chi connectivity index (χ2n) is 5.45. The van der Waals surface area contributed by atoms with Gasteiger partial charge in [-0.2, -0.15) is 0 Å². The normalized spacial score (nSPS) is 16.1. The lowest BCUT2D eigenvalue weighted by Gasteiger charge is -2.35. The number of piperazine rings is 1. The average Bonchev–Trinajstić information content (AvgIpc) is 2.51. The molecular weight excluding hydrogens is 262 g/mol. The van der Waals surface area contributed by atoms with Crippen LogP contribution in [0.4, 0.5) is 11.5 Å². The van der Waals surface area contributed by atoms with Crippen LogP contribution in [0.1, 0.15) is 11.3 Å². The van der Waals surface area contributed by atoms with E-state index in [0.717, 1.165) is 44.2 Å². The molecule has 2 N–H and O–H groups in total. The van der Waals surface area contributed by atoms with Gasteiger partial charge >= 0.3 is 0 Å². The molecule has 0 amide bonds. The molecule has 21 heavy (non-hydrogen) atoms. The molecule has 3 heterocycles. The molecule has 0 unspecified atom stereocenters. The SMILES string of the molecule is Cc1cccnc1CN1CCN(c2ncccc2N)CC1. The van der Waals surface area contributed by atoms with Crippen molar-refractivity contribution in [2.24, 2.45) is 0 Å². The van der Waals surface area contributed by atoms with E-state index in [-0.39, 0.29) is 0 Å². The van der Waals surface area contributed by atoms with Crippen molar-refractivity contribution in [2.45, 2.75) is 13.5 Å². The molecule has 110 valence electrons. The monoisotopic (exact) mass is 283 g/mol. The van der Waals surface area contributed by atoms with Gasteiger partial charge in [0.1, 0.15) is 0 Å². The molecule has 2 aromatic rings. The Hall–Kier alpha value is -2.14. The van der Waals surface area contributed by atoms with E-state index in [1.54, 1.807) is 6.20 Å². The fraction of sp³-hybridized carbons (Fsp3) is 0.375. The summed E-state index contributed by atoms with van der Waals surface area (Å²) >= 11 is 0. The minimum Gasteiger partial charge on any atom is -0.396 e. The van der Waals surface area contributed by atoms with Crippen molar-refractivity contribution >= 4 is 11.5 Å². The highest BCUT2D eigenvalue weighted by molar-refractivity contribution is 5.62. The number of rotatable bonds is 3. The molecule has 5 heteroatoms. The highest BCUT2D eigenvalue weighted by atomic mass is 15.3. The van der Waals surface area contributed by atoms with Gasteiger partial charge in [0.05, 0.1) is 11.4 Å². The summed E-state index contributed by atoms with van der Waals surface area (Å²) in [6.45, 7) is 6.95. The van der Waals surface area contributed by atoms with Crippen LogP contribution in [0.5, 0.6) is 0 Å². The number of nitrogens with two attached hydrogens (primary N) is 1. The third-order valence-electron chi connectivity index (χ3n) is 3.98. The Morgan fingerprint density at radius 3 is 2.48 bits per heavy atom. The van der Waals surface area contributed by atoms with Crippen LogP contribution in [-0.2, 0) is 6.54 Å². The summed E-state index contributed by atoms with van der Waals surface area (Å²) in [6, 6.07) is 7.89. The Balaban J connectivity index is 1.61. The van der Waals surface area contributed by atoms with Gasteiger partial charge in [-0.1, -0.05) is 6.07 Å². The minimum atomic E-state index is 0.756. The van der Waals surface area contributed by atoms with Crippen molar-refractivity contribution in [1.82, 2.24) is 14.9 Å². The van der Waals surface area contributed by atoms with Gasteiger partial charge in [-0.3, -0.25) is 9.88 Å². The molecule has 3 rings (SSSR count). The predicted molar refractivity (Wildman–Crippen MR) is 85.1 cm³/mol. The summed E-state index contributed by atoms with van der Waals surface area (Å²) in [5.74, 6) is 0.908. The van der Waals surface area contributed by atoms with Crippen LogP contribution in [0.3, 0.4) is 0 Å². The zero-order valence-electron chi connectivity index (χ0n) is 12.4. The second kappa shape index (κ2) is 6.10. The summed E-state index contributed by atoms with van der Waals surface area (Å²) in [6.07, 6.45) is 3.67. The second-order valence-corrected chi connectivity index (χ2v) is 5.45. The number of nitrogen functional groups attached to an aromatic ring is 1. The lowest BCUT2D eigenvalue weighted by molar-refractivity contribution is 0.246. The highest BCUT2D eigenvalue weighted by Gasteiger charge is 2.20. The average molecular weight is 283 g/mol. The van der Waals surface area contributed by atoms with Crippen molar-refractivity contribution in [2.75, 3.05) is 36.8 Å². The van der Waals surface area contributed by atoms with Crippen LogP contribution < -0.4 is 10.6 Å². The van der Waals surface area contributed by atoms with Crippen LogP contribution in [0.25, 0.3) is 0 Å². The van der Waals surface area contributed by atoms with Crippen LogP contribution in [0, 0.1) is 6.92 Å². The summed E-state index contributed by atoms with van der Waals surface area (Å²) < 4.78 is 0. The van der Waals surface area contributed by atoms with Gasteiger partial charge < -0.3 is 10.6 Å². The molecule has 5 nitrogen and oxygen atoms in total. The van der Waals surface area contributed by atoms with Gasteiger partial charge in [-0.05, 0) is 30.7 Å². The van der Waals surface area contributed by atoms with E-state index >= 15 is 0 Å². The number of aromatic nitrogens is 2. The van der Waals surface area contributed by atoms with Crippen molar-refractivity contribution in [3.8, 4) is 0 Å². The maximum Gasteiger partial charge on any atom is 0.151 e. The molecular formula is C16H21N5. The Bertz CT molecular complexity index is 605. The molecule has 0 saturated carbocycles. The fourth-order valence-electron chi connectivity index (χ4n) is 2.69. The van der Waals surface area contributed by atoms with Gasteiger partial charge in [0.25, 0.3) is 0 Å². The van der Waals surface area contributed by atoms with Crippen LogP contribution >= 0.6 is 0 Å². The quantitative estimate of drug-likeness (QED) is 0.929. The molecule has 1 aliphatic heterocycles. The molecule has 0 aliphatic carbocycles. The van der Waals surface area contributed by atoms with E-state index in [4.69, 9.17) is 5.73 Å². The number of anilines is 2. The molecule has 1 aliphatic rings. The molecule has 0 aromatic carbocycles. The van der Waals surface area contributed by atoms with Crippen LogP contribution in [-0.4, -0.2) is 41.0 Å². The first-order valence-electron chi connectivity index (χ1n) is 7.32. The number of hydrogen-bond acceptors (Lipinski definition) is 5. The first-order valence-corrected chi connectivity index (χ1v) is 7.32. The zero-order valence-corrected chi connectivity index (χ0v) is 12.4. The Kier molecular flexibility index (Phi) is 4.01. The molecule has 2 aromatic heterocycles. The smallest absolute Gasteiger partial charge is 0.151 e. The fourth-order valence-corrected chi connectivity index (χ4v) is 2.69. The first-order chi connectivity index (χ1) is 10.2. The number of hydrogen-bond donors (Lipinski definition) is 1. The van der Waals surface area contributed by atoms with E-state index in [0.29, 0.717) is 0 Å². The molecule has 0 radical (unpaired) electrons. The van der Waals surface area contributed by atoms with E-state index in [1.807, 2.05) is 24.4 Å². The topological polar surface area (TPSA) is 58.3 Å². The number of aryl methyl sites for hydroxylation is 1. The van der Waals surface area contributed by atoms with Crippen molar-refractivity contribution in [3.63, 3.8) is 0 Å². The van der Waals surface area contributed by atoms with Crippen molar-refractivity contribution in [1.29, 1.82) is 0 Å². The van der Waals surface area contributed by atoms with Gasteiger partial charge in [0, 0.05) is 45.1 Å². The van der Waals surface area contributed by atoms with Gasteiger partial charge in [-0.15, -0.1) is 0 Å². The number of pyridine rings is 2. The third-order valence-corrected chi connectivity index (χ3v) is 3.98. The third kappa shape index (κ3) is 3.13. The molecule has 0 bridgehead atoms. The maximum atomic E-state index is 6.00. The molecule has 0 atom stereocenters. The predicted octanol–water partition coefficient (Wildman–Crippen LogP) is 1.69. The number of nitrogens with zero attached hydrogens (tertiary/aromatic N) is 4. The Morgan fingerprint density at radius 1 is 1.05 bits per heavy atom. The molecule has 1 saturated heterocycles. The van der Waals surface area contributed by atoms with Crippen molar-refractivity contribution in [3.05, 3.63) is 47.9 Å². The Labute approximate surface area is 125 Å². The van der Waals surface area contributed by atoms with Gasteiger partial charge in [-0.25, -0.2) is 4.98 Å². The van der Waals surface area contributed by atoms with E-state index in [9.17, 15) is 0 Å². The maximum absolute atomic E-state index is 6.00. The van der Waals surface area contributed by atoms with Gasteiger partial charge in [0.2, 0.25) is 0 Å².